The van der Waals surface area contributed by atoms with E-state index in [0.29, 0.717) is 0 Å². The van der Waals surface area contributed by atoms with Crippen LogP contribution in [0.15, 0.2) is 0 Å². The Morgan fingerprint density at radius 3 is 1.45 bits per heavy atom. The van der Waals surface area contributed by atoms with Crippen molar-refractivity contribution < 1.29 is 0 Å². The summed E-state index contributed by atoms with van der Waals surface area (Å²) in [4.78, 5) is 0. The molecule has 20 heavy (non-hydrogen) atoms. The van der Waals surface area contributed by atoms with Crippen molar-refractivity contribution in [1.29, 1.82) is 0 Å². The van der Waals surface area contributed by atoms with Gasteiger partial charge in [0.05, 0.1) is 0 Å². The minimum Gasteiger partial charge on any atom is -0.0864 e. The molecule has 0 aliphatic carbocycles. The van der Waals surface area contributed by atoms with Crippen LogP contribution in [-0.2, 0) is 0 Å². The fourth-order valence-electron chi connectivity index (χ4n) is 2.90. The second-order valence-electron chi connectivity index (χ2n) is 6.61. The van der Waals surface area contributed by atoms with Crippen molar-refractivity contribution in [3.8, 4) is 0 Å². The van der Waals surface area contributed by atoms with Gasteiger partial charge in [0.25, 0.3) is 0 Å². The van der Waals surface area contributed by atoms with Crippen molar-refractivity contribution in [3.05, 3.63) is 0 Å². The number of hydrogen-bond donors (Lipinski definition) is 0. The van der Waals surface area contributed by atoms with Crippen molar-refractivity contribution in [1.82, 2.24) is 0 Å². The molecule has 0 N–H and O–H groups in total. The Hall–Kier alpha value is 0.730. The first-order chi connectivity index (χ1) is 9.81. The van der Waals surface area contributed by atoms with Crippen LogP contribution in [0, 0.1) is 5.92 Å². The molecule has 0 rings (SSSR count). The molecule has 0 aromatic carbocycles. The molecule has 0 saturated carbocycles. The lowest BCUT2D eigenvalue weighted by molar-refractivity contribution is 0.452. The maximum absolute atomic E-state index is 2.50. The third-order valence-electron chi connectivity index (χ3n) is 4.38. The van der Waals surface area contributed by atoms with Gasteiger partial charge in [0, 0.05) is 0 Å². The third-order valence-corrected chi connectivity index (χ3v) is 5.14. The van der Waals surface area contributed by atoms with Crippen LogP contribution in [-0.4, -0.2) is 4.43 Å². The monoisotopic (exact) mass is 394 g/mol. The Bertz CT molecular complexity index is 167. The van der Waals surface area contributed by atoms with Crippen molar-refractivity contribution >= 4 is 22.6 Å². The van der Waals surface area contributed by atoms with Gasteiger partial charge in [-0.2, -0.15) is 0 Å². The first-order valence-corrected chi connectivity index (χ1v) is 10.9. The number of unbranched alkanes of at least 4 members (excludes halogenated alkanes) is 11. The van der Waals surface area contributed by atoms with E-state index >= 15 is 0 Å². The topological polar surface area (TPSA) is 0 Å². The molecule has 0 saturated heterocycles. The summed E-state index contributed by atoms with van der Waals surface area (Å²) in [6.07, 6.45) is 21.9. The molecule has 0 heterocycles. The average molecular weight is 394 g/mol. The van der Waals surface area contributed by atoms with Crippen molar-refractivity contribution in [2.45, 2.75) is 110 Å². The predicted molar refractivity (Wildman–Crippen MR) is 103 cm³/mol. The number of rotatable bonds is 16. The molecule has 0 fully saturated rings. The molecule has 0 aliphatic rings. The lowest BCUT2D eigenvalue weighted by Gasteiger charge is -2.09. The van der Waals surface area contributed by atoms with E-state index in [-0.39, 0.29) is 0 Å². The molecule has 0 amide bonds. The van der Waals surface area contributed by atoms with E-state index in [9.17, 15) is 0 Å². The number of halogens is 1. The molecule has 0 radical (unpaired) electrons. The Labute approximate surface area is 143 Å². The normalized spacial score (nSPS) is 12.8. The standard InChI is InChI=1S/C19H39I/c1-3-4-5-6-7-8-9-10-11-12-13-14-16-19(2)17-15-18-20/h19H,3-18H2,1-2H3/t19-/m0/s1. The zero-order valence-corrected chi connectivity index (χ0v) is 16.4. The van der Waals surface area contributed by atoms with E-state index in [1.54, 1.807) is 0 Å². The second kappa shape index (κ2) is 17.8. The van der Waals surface area contributed by atoms with E-state index in [4.69, 9.17) is 0 Å². The van der Waals surface area contributed by atoms with Gasteiger partial charge in [-0.25, -0.2) is 0 Å². The molecule has 0 aliphatic heterocycles. The zero-order valence-electron chi connectivity index (χ0n) is 14.3. The van der Waals surface area contributed by atoms with Crippen LogP contribution in [0.3, 0.4) is 0 Å². The van der Waals surface area contributed by atoms with Gasteiger partial charge in [-0.3, -0.25) is 0 Å². The molecule has 0 spiro atoms. The molecule has 122 valence electrons. The highest BCUT2D eigenvalue weighted by molar-refractivity contribution is 14.1. The minimum absolute atomic E-state index is 0.966. The van der Waals surface area contributed by atoms with Crippen LogP contribution >= 0.6 is 22.6 Å². The van der Waals surface area contributed by atoms with E-state index < -0.39 is 0 Å². The smallest absolute Gasteiger partial charge is 0.000463 e. The van der Waals surface area contributed by atoms with Gasteiger partial charge in [-0.1, -0.05) is 120 Å². The SMILES string of the molecule is CCCCCCCCCCCCCC[C@H](C)CCCI. The van der Waals surface area contributed by atoms with Gasteiger partial charge in [-0.05, 0) is 23.2 Å². The second-order valence-corrected chi connectivity index (χ2v) is 7.69. The molecule has 1 atom stereocenters. The van der Waals surface area contributed by atoms with Crippen LogP contribution in [0.1, 0.15) is 110 Å². The Balaban J connectivity index is 3.02. The maximum atomic E-state index is 2.50. The average Bonchev–Trinajstić information content (AvgIpc) is 2.46. The van der Waals surface area contributed by atoms with Gasteiger partial charge in [0.2, 0.25) is 0 Å². The summed E-state index contributed by atoms with van der Waals surface area (Å²) in [5.74, 6) is 0.966. The predicted octanol–water partition coefficient (Wildman–Crippen LogP) is 7.93. The summed E-state index contributed by atoms with van der Waals surface area (Å²) in [7, 11) is 0. The molecule has 1 heteroatoms. The summed E-state index contributed by atoms with van der Waals surface area (Å²) < 4.78 is 1.33. The Morgan fingerprint density at radius 1 is 0.600 bits per heavy atom. The number of alkyl halides is 1. The van der Waals surface area contributed by atoms with Crippen molar-refractivity contribution in [2.75, 3.05) is 4.43 Å². The fraction of sp³-hybridized carbons (Fsp3) is 1.00. The summed E-state index contributed by atoms with van der Waals surface area (Å²) in [5, 5.41) is 0. The molecule has 0 unspecified atom stereocenters. The van der Waals surface area contributed by atoms with Crippen LogP contribution in [0.4, 0.5) is 0 Å². The zero-order chi connectivity index (χ0) is 14.9. The first-order valence-electron chi connectivity index (χ1n) is 9.37. The molecule has 0 bridgehead atoms. The summed E-state index contributed by atoms with van der Waals surface area (Å²) in [5.41, 5.74) is 0. The van der Waals surface area contributed by atoms with Gasteiger partial charge in [0.1, 0.15) is 0 Å². The first kappa shape index (κ1) is 20.7. The Kier molecular flexibility index (Phi) is 18.4. The molecule has 0 nitrogen and oxygen atoms in total. The Morgan fingerprint density at radius 2 is 1.00 bits per heavy atom. The summed E-state index contributed by atoms with van der Waals surface area (Å²) in [6.45, 7) is 4.73. The van der Waals surface area contributed by atoms with E-state index in [0.717, 1.165) is 5.92 Å². The van der Waals surface area contributed by atoms with Gasteiger partial charge in [-0.15, -0.1) is 0 Å². The van der Waals surface area contributed by atoms with Crippen molar-refractivity contribution in [3.63, 3.8) is 0 Å². The highest BCUT2D eigenvalue weighted by Gasteiger charge is 2.01. The van der Waals surface area contributed by atoms with E-state index in [1.807, 2.05) is 0 Å². The highest BCUT2D eigenvalue weighted by Crippen LogP contribution is 2.17. The van der Waals surface area contributed by atoms with E-state index in [2.05, 4.69) is 36.4 Å². The van der Waals surface area contributed by atoms with Crippen LogP contribution in [0.25, 0.3) is 0 Å². The van der Waals surface area contributed by atoms with Crippen LogP contribution < -0.4 is 0 Å². The fourth-order valence-corrected chi connectivity index (χ4v) is 3.34. The van der Waals surface area contributed by atoms with Gasteiger partial charge in [0.15, 0.2) is 0 Å². The minimum atomic E-state index is 0.966. The molecule has 0 aromatic heterocycles. The van der Waals surface area contributed by atoms with E-state index in [1.165, 1.54) is 101 Å². The summed E-state index contributed by atoms with van der Waals surface area (Å²) >= 11 is 2.50. The lowest BCUT2D eigenvalue weighted by atomic mass is 9.98. The van der Waals surface area contributed by atoms with Crippen LogP contribution in [0.5, 0.6) is 0 Å². The molecular weight excluding hydrogens is 355 g/mol. The van der Waals surface area contributed by atoms with Crippen molar-refractivity contribution in [2.24, 2.45) is 5.92 Å². The quantitative estimate of drug-likeness (QED) is 0.142. The van der Waals surface area contributed by atoms with Gasteiger partial charge >= 0.3 is 0 Å². The lowest BCUT2D eigenvalue weighted by Crippen LogP contribution is -1.95. The van der Waals surface area contributed by atoms with Crippen LogP contribution in [0.2, 0.25) is 0 Å². The highest BCUT2D eigenvalue weighted by atomic mass is 127. The van der Waals surface area contributed by atoms with Gasteiger partial charge < -0.3 is 0 Å². The molecule has 0 aromatic rings. The number of hydrogen-bond acceptors (Lipinski definition) is 0. The summed E-state index contributed by atoms with van der Waals surface area (Å²) in [6, 6.07) is 0. The molecular formula is C19H39I. The third kappa shape index (κ3) is 16.8. The maximum Gasteiger partial charge on any atom is -0.000463 e. The largest absolute Gasteiger partial charge is 0.0864 e.